The molecular formula is C36H42O6. The van der Waals surface area contributed by atoms with Crippen molar-refractivity contribution in [3.8, 4) is 11.5 Å². The van der Waals surface area contributed by atoms with Gasteiger partial charge in [-0.3, -0.25) is 9.59 Å². The van der Waals surface area contributed by atoms with Gasteiger partial charge in [0.1, 0.15) is 17.6 Å². The fraction of sp³-hybridized carbons (Fsp3) is 0.361. The van der Waals surface area contributed by atoms with E-state index in [9.17, 15) is 24.6 Å². The van der Waals surface area contributed by atoms with Gasteiger partial charge >= 0.3 is 5.97 Å². The molecule has 0 heterocycles. The van der Waals surface area contributed by atoms with E-state index in [0.29, 0.717) is 5.57 Å². The number of rotatable bonds is 9. The molecule has 0 amide bonds. The molecule has 6 nitrogen and oxygen atoms in total. The van der Waals surface area contributed by atoms with Crippen molar-refractivity contribution < 1.29 is 29.3 Å². The standard InChI is InChI=1S/C36H42O6/c1-22(2)13-18-31(26-21-30(39)33-28(37)16-17-29(38)34(33)35(26)41)42-32(40)20-24(4)11-8-10-23(3)14-15-27-25(5)12-9-19-36(27,6)7/h8,10-11,13-17,20-21,31,37-38H,9,12,18-19H2,1-7H3/b11-8+,15-14+,23-10+,24-20-/t31-/m1/s1. The van der Waals surface area contributed by atoms with Gasteiger partial charge in [0.05, 0.1) is 11.1 Å². The lowest BCUT2D eigenvalue weighted by atomic mass is 9.72. The highest BCUT2D eigenvalue weighted by atomic mass is 16.5. The minimum absolute atomic E-state index is 0.0577. The average molecular weight is 571 g/mol. The van der Waals surface area contributed by atoms with Crippen LogP contribution in [-0.4, -0.2) is 33.9 Å². The van der Waals surface area contributed by atoms with Crippen LogP contribution in [0.2, 0.25) is 0 Å². The van der Waals surface area contributed by atoms with Crippen LogP contribution in [-0.2, 0) is 9.53 Å². The van der Waals surface area contributed by atoms with Gasteiger partial charge in [0.2, 0.25) is 0 Å². The summed E-state index contributed by atoms with van der Waals surface area (Å²) >= 11 is 0. The third-order valence-electron chi connectivity index (χ3n) is 7.65. The second-order valence-corrected chi connectivity index (χ2v) is 12.0. The molecule has 0 fully saturated rings. The molecule has 0 aromatic heterocycles. The van der Waals surface area contributed by atoms with Crippen molar-refractivity contribution >= 4 is 17.5 Å². The minimum Gasteiger partial charge on any atom is -0.507 e. The number of fused-ring (bicyclic) bond motifs is 1. The first-order valence-corrected chi connectivity index (χ1v) is 14.3. The summed E-state index contributed by atoms with van der Waals surface area (Å²) in [6.45, 7) is 14.3. The summed E-state index contributed by atoms with van der Waals surface area (Å²) in [5.74, 6) is -2.80. The average Bonchev–Trinajstić information content (AvgIpc) is 2.89. The monoisotopic (exact) mass is 570 g/mol. The molecule has 2 aliphatic rings. The summed E-state index contributed by atoms with van der Waals surface area (Å²) in [6, 6.07) is 2.31. The molecule has 0 spiro atoms. The number of hydrogen-bond acceptors (Lipinski definition) is 6. The molecule has 0 unspecified atom stereocenters. The maximum absolute atomic E-state index is 13.3. The summed E-state index contributed by atoms with van der Waals surface area (Å²) < 4.78 is 5.67. The van der Waals surface area contributed by atoms with Crippen molar-refractivity contribution in [1.29, 1.82) is 0 Å². The highest BCUT2D eigenvalue weighted by Crippen LogP contribution is 2.41. The van der Waals surface area contributed by atoms with Crippen LogP contribution in [0, 0.1) is 5.41 Å². The number of aromatic hydroxyl groups is 2. The van der Waals surface area contributed by atoms with Gasteiger partial charge in [-0.1, -0.05) is 67.0 Å². The van der Waals surface area contributed by atoms with E-state index in [-0.39, 0.29) is 28.5 Å². The molecule has 42 heavy (non-hydrogen) atoms. The van der Waals surface area contributed by atoms with Gasteiger partial charge in [0, 0.05) is 18.1 Å². The summed E-state index contributed by atoms with van der Waals surface area (Å²) in [7, 11) is 0. The molecule has 0 aliphatic heterocycles. The second kappa shape index (κ2) is 13.6. The molecule has 2 aliphatic carbocycles. The summed E-state index contributed by atoms with van der Waals surface area (Å²) in [5, 5.41) is 20.4. The normalized spacial score (nSPS) is 18.3. The number of Topliss-reactive ketones (excluding diaryl/α,β-unsaturated/α-hetero) is 1. The Morgan fingerprint density at radius 2 is 1.69 bits per heavy atom. The van der Waals surface area contributed by atoms with E-state index in [1.165, 1.54) is 30.1 Å². The van der Waals surface area contributed by atoms with Gasteiger partial charge < -0.3 is 14.9 Å². The number of allylic oxidation sites excluding steroid dienone is 11. The van der Waals surface area contributed by atoms with Crippen molar-refractivity contribution in [2.75, 3.05) is 0 Å². The number of carbonyl (C=O) groups excluding carboxylic acids is 3. The molecule has 6 heteroatoms. The molecule has 3 rings (SSSR count). The first-order chi connectivity index (χ1) is 19.7. The SMILES string of the molecule is CC(C)=CC[C@@H](OC(=O)\C=C(C)/C=C/C=C(C)/C=C/C1=C(C)CCCC1(C)C)C1=CC(=O)c2c(O)ccc(O)c2C1=O. The zero-order valence-electron chi connectivity index (χ0n) is 25.7. The van der Waals surface area contributed by atoms with Gasteiger partial charge in [-0.15, -0.1) is 0 Å². The van der Waals surface area contributed by atoms with Crippen LogP contribution in [0.25, 0.3) is 0 Å². The van der Waals surface area contributed by atoms with Gasteiger partial charge in [-0.05, 0) is 88.7 Å². The first kappa shape index (κ1) is 32.3. The molecule has 1 aromatic carbocycles. The van der Waals surface area contributed by atoms with E-state index >= 15 is 0 Å². The summed E-state index contributed by atoms with van der Waals surface area (Å²) in [5.41, 5.74) is 5.07. The highest BCUT2D eigenvalue weighted by Gasteiger charge is 2.35. The van der Waals surface area contributed by atoms with Crippen LogP contribution < -0.4 is 0 Å². The Hall–Kier alpha value is -4.19. The molecular weight excluding hydrogens is 528 g/mol. The number of esters is 1. The molecule has 0 bridgehead atoms. The lowest BCUT2D eigenvalue weighted by molar-refractivity contribution is -0.141. The smallest absolute Gasteiger partial charge is 0.331 e. The Bertz CT molecular complexity index is 1480. The zero-order valence-corrected chi connectivity index (χ0v) is 25.7. The number of ether oxygens (including phenoxy) is 1. The molecule has 2 N–H and O–H groups in total. The van der Waals surface area contributed by atoms with Crippen molar-refractivity contribution in [3.63, 3.8) is 0 Å². The quantitative estimate of drug-likeness (QED) is 0.102. The molecule has 0 saturated carbocycles. The predicted octanol–water partition coefficient (Wildman–Crippen LogP) is 8.20. The molecule has 0 radical (unpaired) electrons. The van der Waals surface area contributed by atoms with E-state index in [4.69, 9.17) is 4.74 Å². The third kappa shape index (κ3) is 7.96. The second-order valence-electron chi connectivity index (χ2n) is 12.0. The van der Waals surface area contributed by atoms with Crippen LogP contribution in [0.3, 0.4) is 0 Å². The molecule has 1 atom stereocenters. The lowest BCUT2D eigenvalue weighted by Crippen LogP contribution is -2.28. The molecule has 222 valence electrons. The Morgan fingerprint density at radius 3 is 2.33 bits per heavy atom. The van der Waals surface area contributed by atoms with E-state index in [1.807, 2.05) is 32.9 Å². The number of phenols is 2. The Labute approximate surface area is 249 Å². The highest BCUT2D eigenvalue weighted by molar-refractivity contribution is 6.27. The maximum atomic E-state index is 13.3. The topological polar surface area (TPSA) is 101 Å². The number of benzene rings is 1. The number of phenolic OH excluding ortho intramolecular Hbond substituents is 2. The molecule has 1 aromatic rings. The van der Waals surface area contributed by atoms with Crippen molar-refractivity contribution in [2.24, 2.45) is 5.41 Å². The van der Waals surface area contributed by atoms with Crippen molar-refractivity contribution in [3.05, 3.63) is 105 Å². The lowest BCUT2D eigenvalue weighted by Gasteiger charge is -2.32. The summed E-state index contributed by atoms with van der Waals surface area (Å²) in [6.07, 6.45) is 16.8. The van der Waals surface area contributed by atoms with Crippen LogP contribution in [0.4, 0.5) is 0 Å². The van der Waals surface area contributed by atoms with Crippen LogP contribution in [0.15, 0.2) is 94.2 Å². The Balaban J connectivity index is 1.76. The van der Waals surface area contributed by atoms with E-state index in [1.54, 1.807) is 19.1 Å². The fourth-order valence-electron chi connectivity index (χ4n) is 5.34. The van der Waals surface area contributed by atoms with Crippen molar-refractivity contribution in [1.82, 2.24) is 0 Å². The Morgan fingerprint density at radius 1 is 1.02 bits per heavy atom. The fourth-order valence-corrected chi connectivity index (χ4v) is 5.34. The van der Waals surface area contributed by atoms with Gasteiger partial charge in [0.15, 0.2) is 11.6 Å². The number of hydrogen-bond donors (Lipinski definition) is 2. The van der Waals surface area contributed by atoms with E-state index in [0.717, 1.165) is 35.8 Å². The van der Waals surface area contributed by atoms with Crippen LogP contribution in [0.1, 0.15) is 94.9 Å². The molecule has 0 saturated heterocycles. The zero-order chi connectivity index (χ0) is 31.2. The maximum Gasteiger partial charge on any atom is 0.331 e. The number of ketones is 2. The predicted molar refractivity (Wildman–Crippen MR) is 167 cm³/mol. The minimum atomic E-state index is -1.05. The van der Waals surface area contributed by atoms with Crippen LogP contribution in [0.5, 0.6) is 11.5 Å². The number of carbonyl (C=O) groups is 3. The first-order valence-electron chi connectivity index (χ1n) is 14.3. The van der Waals surface area contributed by atoms with Crippen LogP contribution >= 0.6 is 0 Å². The largest absolute Gasteiger partial charge is 0.507 e. The summed E-state index contributed by atoms with van der Waals surface area (Å²) in [4.78, 5) is 39.0. The van der Waals surface area contributed by atoms with Crippen molar-refractivity contribution in [2.45, 2.75) is 80.3 Å². The van der Waals surface area contributed by atoms with E-state index < -0.39 is 35.1 Å². The van der Waals surface area contributed by atoms with E-state index in [2.05, 4.69) is 32.9 Å². The van der Waals surface area contributed by atoms with Gasteiger partial charge in [-0.25, -0.2) is 4.79 Å². The Kier molecular flexibility index (Phi) is 10.5. The van der Waals surface area contributed by atoms with Gasteiger partial charge in [-0.2, -0.15) is 0 Å². The third-order valence-corrected chi connectivity index (χ3v) is 7.65. The van der Waals surface area contributed by atoms with Gasteiger partial charge in [0.25, 0.3) is 0 Å².